The van der Waals surface area contributed by atoms with Gasteiger partial charge < -0.3 is 25.9 Å². The van der Waals surface area contributed by atoms with Crippen LogP contribution in [0.4, 0.5) is 15.8 Å². The third kappa shape index (κ3) is 5.19. The minimum Gasteiger partial charge on any atom is -0.357 e. The molecular weight excluding hydrogens is 547 g/mol. The number of H-pyrrole nitrogens is 2. The summed E-state index contributed by atoms with van der Waals surface area (Å²) >= 11 is 0. The number of rotatable bonds is 6. The van der Waals surface area contributed by atoms with Gasteiger partial charge in [-0.2, -0.15) is 0 Å². The van der Waals surface area contributed by atoms with E-state index in [1.54, 1.807) is 48.5 Å². The molecule has 0 fully saturated rings. The fraction of sp³-hybridized carbons (Fsp3) is 0.152. The van der Waals surface area contributed by atoms with Gasteiger partial charge >= 0.3 is 0 Å². The van der Waals surface area contributed by atoms with Crippen LogP contribution in [0.1, 0.15) is 67.6 Å². The van der Waals surface area contributed by atoms with Gasteiger partial charge in [0.25, 0.3) is 17.7 Å². The number of carbonyl (C=O) groups is 3. The maximum atomic E-state index is 13.3. The number of anilines is 2. The van der Waals surface area contributed by atoms with Gasteiger partial charge in [0.2, 0.25) is 0 Å². The van der Waals surface area contributed by atoms with Gasteiger partial charge in [0.05, 0.1) is 28.4 Å². The highest BCUT2D eigenvalue weighted by Gasteiger charge is 2.27. The Hall–Kier alpha value is -5.51. The van der Waals surface area contributed by atoms with Gasteiger partial charge in [-0.15, -0.1) is 0 Å². The van der Waals surface area contributed by atoms with Crippen molar-refractivity contribution in [3.63, 3.8) is 0 Å². The Morgan fingerprint density at radius 2 is 1.74 bits per heavy atom. The summed E-state index contributed by atoms with van der Waals surface area (Å²) in [7, 11) is 0. The van der Waals surface area contributed by atoms with E-state index in [1.165, 1.54) is 12.1 Å². The van der Waals surface area contributed by atoms with E-state index < -0.39 is 0 Å². The maximum absolute atomic E-state index is 13.3. The minimum atomic E-state index is -0.349. The summed E-state index contributed by atoms with van der Waals surface area (Å²) in [6, 6.07) is 16.0. The Morgan fingerprint density at radius 3 is 2.51 bits per heavy atom. The molecule has 5 aromatic rings. The fourth-order valence-corrected chi connectivity index (χ4v) is 5.36. The van der Waals surface area contributed by atoms with E-state index in [0.717, 1.165) is 28.2 Å². The molecule has 43 heavy (non-hydrogen) atoms. The van der Waals surface area contributed by atoms with E-state index in [9.17, 15) is 18.8 Å². The Kier molecular flexibility index (Phi) is 6.89. The molecule has 10 heteroatoms. The number of hydrogen-bond acceptors (Lipinski definition) is 4. The smallest absolute Gasteiger partial charge is 0.257 e. The van der Waals surface area contributed by atoms with Crippen LogP contribution in [0.25, 0.3) is 22.7 Å². The van der Waals surface area contributed by atoms with Crippen molar-refractivity contribution in [2.45, 2.75) is 33.7 Å². The zero-order valence-corrected chi connectivity index (χ0v) is 24.0. The van der Waals surface area contributed by atoms with Crippen molar-refractivity contribution in [2.24, 2.45) is 0 Å². The molecule has 2 aromatic heterocycles. The zero-order valence-electron chi connectivity index (χ0n) is 24.0. The van der Waals surface area contributed by atoms with Crippen LogP contribution in [0.5, 0.6) is 0 Å². The van der Waals surface area contributed by atoms with Crippen molar-refractivity contribution >= 4 is 51.8 Å². The van der Waals surface area contributed by atoms with Crippen molar-refractivity contribution < 1.29 is 18.8 Å². The molecule has 0 radical (unpaired) electrons. The lowest BCUT2D eigenvalue weighted by Crippen LogP contribution is -2.26. The number of aryl methyl sites for hydroxylation is 2. The number of halogens is 1. The van der Waals surface area contributed by atoms with Crippen molar-refractivity contribution in [3.05, 3.63) is 112 Å². The highest BCUT2D eigenvalue weighted by atomic mass is 19.1. The van der Waals surface area contributed by atoms with Crippen LogP contribution >= 0.6 is 0 Å². The van der Waals surface area contributed by atoms with E-state index >= 15 is 0 Å². The first-order chi connectivity index (χ1) is 20.6. The molecule has 6 rings (SSSR count). The van der Waals surface area contributed by atoms with Gasteiger partial charge in [-0.25, -0.2) is 9.37 Å². The fourth-order valence-electron chi connectivity index (χ4n) is 5.36. The second-order valence-corrected chi connectivity index (χ2v) is 10.7. The SMILES string of the molecule is Cc1nc2c(C(=O)Nc3c(C)[nH]c(/C=C4\C(=O)Nc5ccc(C(=O)N[C@H](C)c6ccc(F)cc6)cc54)c3C)cccc2[nH]1. The molecule has 0 aliphatic carbocycles. The van der Waals surface area contributed by atoms with Crippen molar-refractivity contribution in [3.8, 4) is 0 Å². The molecule has 216 valence electrons. The predicted octanol–water partition coefficient (Wildman–Crippen LogP) is 6.19. The molecule has 3 aromatic carbocycles. The van der Waals surface area contributed by atoms with E-state index in [-0.39, 0.29) is 29.6 Å². The zero-order chi connectivity index (χ0) is 30.4. The van der Waals surface area contributed by atoms with Crippen LogP contribution in [0.15, 0.2) is 60.7 Å². The Labute approximate surface area is 246 Å². The number of fused-ring (bicyclic) bond motifs is 2. The second-order valence-electron chi connectivity index (χ2n) is 10.7. The lowest BCUT2D eigenvalue weighted by Gasteiger charge is -2.15. The second kappa shape index (κ2) is 10.7. The highest BCUT2D eigenvalue weighted by Crippen LogP contribution is 2.36. The molecule has 9 nitrogen and oxygen atoms in total. The first-order valence-corrected chi connectivity index (χ1v) is 13.8. The number of amides is 3. The first kappa shape index (κ1) is 27.6. The summed E-state index contributed by atoms with van der Waals surface area (Å²) in [5, 5.41) is 8.78. The summed E-state index contributed by atoms with van der Waals surface area (Å²) < 4.78 is 13.3. The van der Waals surface area contributed by atoms with Gasteiger partial charge in [0.1, 0.15) is 17.2 Å². The minimum absolute atomic E-state index is 0.295. The largest absolute Gasteiger partial charge is 0.357 e. The quantitative estimate of drug-likeness (QED) is 0.154. The summed E-state index contributed by atoms with van der Waals surface area (Å²) in [6.45, 7) is 7.36. The van der Waals surface area contributed by atoms with Gasteiger partial charge in [0, 0.05) is 28.2 Å². The standard InChI is InChI=1S/C33H29FN6O3/c1-16-28(35-18(3)29(16)40-32(42)23-6-5-7-27-30(23)38-19(4)37-27)15-25-24-14-21(10-13-26(24)39-33(25)43)31(41)36-17(2)20-8-11-22(34)12-9-20/h5-15,17,35H,1-4H3,(H,36,41)(H,37,38)(H,39,43)(H,40,42)/b25-15-/t17-/m1/s1. The van der Waals surface area contributed by atoms with E-state index in [2.05, 4.69) is 30.9 Å². The van der Waals surface area contributed by atoms with Crippen LogP contribution in [0, 0.1) is 26.6 Å². The van der Waals surface area contributed by atoms with Crippen molar-refractivity contribution in [2.75, 3.05) is 10.6 Å². The average molecular weight is 577 g/mol. The number of imidazole rings is 1. The average Bonchev–Trinajstić information content (AvgIpc) is 3.60. The van der Waals surface area contributed by atoms with Gasteiger partial charge in [-0.05, 0) is 87.4 Å². The number of hydrogen-bond donors (Lipinski definition) is 5. The van der Waals surface area contributed by atoms with Gasteiger partial charge in [0.15, 0.2) is 0 Å². The van der Waals surface area contributed by atoms with Gasteiger partial charge in [-0.3, -0.25) is 14.4 Å². The number of carbonyl (C=O) groups excluding carboxylic acids is 3. The molecule has 0 spiro atoms. The number of aromatic amines is 2. The maximum Gasteiger partial charge on any atom is 0.257 e. The topological polar surface area (TPSA) is 132 Å². The monoisotopic (exact) mass is 576 g/mol. The molecule has 0 saturated heterocycles. The number of aromatic nitrogens is 3. The summed E-state index contributed by atoms with van der Waals surface area (Å²) in [5.74, 6) is -0.546. The molecule has 0 unspecified atom stereocenters. The van der Waals surface area contributed by atoms with E-state index in [4.69, 9.17) is 0 Å². The number of benzene rings is 3. The van der Waals surface area contributed by atoms with E-state index in [1.807, 2.05) is 33.8 Å². The van der Waals surface area contributed by atoms with Crippen molar-refractivity contribution in [1.29, 1.82) is 0 Å². The lowest BCUT2D eigenvalue weighted by atomic mass is 10.0. The lowest BCUT2D eigenvalue weighted by molar-refractivity contribution is -0.110. The third-order valence-corrected chi connectivity index (χ3v) is 7.66. The summed E-state index contributed by atoms with van der Waals surface area (Å²) in [4.78, 5) is 50.2. The van der Waals surface area contributed by atoms with Gasteiger partial charge in [-0.1, -0.05) is 18.2 Å². The molecule has 5 N–H and O–H groups in total. The number of nitrogens with one attached hydrogen (secondary N) is 5. The molecule has 1 aliphatic heterocycles. The van der Waals surface area contributed by atoms with Crippen LogP contribution in [-0.4, -0.2) is 32.7 Å². The molecule has 1 aliphatic rings. The van der Waals surface area contributed by atoms with Crippen LogP contribution in [0.3, 0.4) is 0 Å². The third-order valence-electron chi connectivity index (χ3n) is 7.66. The molecular formula is C33H29FN6O3. The molecule has 3 amide bonds. The molecule has 3 heterocycles. The summed E-state index contributed by atoms with van der Waals surface area (Å²) in [5.41, 5.74) is 7.29. The number of para-hydroxylation sites is 1. The normalized spacial score (nSPS) is 14.1. The first-order valence-electron chi connectivity index (χ1n) is 13.8. The molecule has 0 bridgehead atoms. The van der Waals surface area contributed by atoms with Crippen LogP contribution in [-0.2, 0) is 4.79 Å². The number of nitrogens with zero attached hydrogens (tertiary/aromatic N) is 1. The predicted molar refractivity (Wildman–Crippen MR) is 164 cm³/mol. The molecule has 0 saturated carbocycles. The Balaban J connectivity index is 1.26. The van der Waals surface area contributed by atoms with Crippen molar-refractivity contribution in [1.82, 2.24) is 20.3 Å². The Morgan fingerprint density at radius 1 is 0.977 bits per heavy atom. The Bertz CT molecular complexity index is 1970. The molecule has 1 atom stereocenters. The van der Waals surface area contributed by atoms with Crippen LogP contribution in [0.2, 0.25) is 0 Å². The van der Waals surface area contributed by atoms with E-state index in [0.29, 0.717) is 44.8 Å². The highest BCUT2D eigenvalue weighted by molar-refractivity contribution is 6.35. The summed E-state index contributed by atoms with van der Waals surface area (Å²) in [6.07, 6.45) is 1.72. The van der Waals surface area contributed by atoms with Crippen LogP contribution < -0.4 is 16.0 Å².